The number of methoxy groups -OCH3 is 1. The lowest BCUT2D eigenvalue weighted by Crippen LogP contribution is -2.41. The van der Waals surface area contributed by atoms with Gasteiger partial charge in [-0.1, -0.05) is 41.4 Å². The Bertz CT molecular complexity index is 1790. The summed E-state index contributed by atoms with van der Waals surface area (Å²) in [5.74, 6) is -1.26. The van der Waals surface area contributed by atoms with Crippen LogP contribution in [0.25, 0.3) is 11.0 Å². The van der Waals surface area contributed by atoms with Crippen molar-refractivity contribution in [2.45, 2.75) is 50.3 Å². The van der Waals surface area contributed by atoms with Gasteiger partial charge in [-0.15, -0.1) is 13.2 Å². The summed E-state index contributed by atoms with van der Waals surface area (Å²) in [6.07, 6.45) is -7.56. The molecule has 3 aromatic carbocycles. The zero-order valence-electron chi connectivity index (χ0n) is 27.1. The van der Waals surface area contributed by atoms with Crippen molar-refractivity contribution in [3.8, 4) is 11.5 Å². The largest absolute Gasteiger partial charge is 0.573 e. The lowest BCUT2D eigenvalue weighted by atomic mass is 9.94. The van der Waals surface area contributed by atoms with Crippen LogP contribution in [-0.2, 0) is 6.54 Å². The molecule has 8 nitrogen and oxygen atoms in total. The first kappa shape index (κ1) is 37.4. The van der Waals surface area contributed by atoms with Crippen LogP contribution >= 0.6 is 23.2 Å². The number of carbonyl (C=O) groups is 1. The second kappa shape index (κ2) is 15.6. The molecular formula is C34H35Cl2F6N5O3. The number of likely N-dealkylation sites (N-methyl/N-ethyl adjacent to an activating group) is 1. The first-order chi connectivity index (χ1) is 23.6. The molecule has 0 aliphatic carbocycles. The fourth-order valence-electron chi connectivity index (χ4n) is 6.11. The van der Waals surface area contributed by atoms with Gasteiger partial charge in [0.05, 0.1) is 33.8 Å². The van der Waals surface area contributed by atoms with E-state index in [4.69, 9.17) is 27.9 Å². The minimum absolute atomic E-state index is 0.0966. The van der Waals surface area contributed by atoms with E-state index < -0.39 is 30.7 Å². The number of halogens is 8. The third-order valence-electron chi connectivity index (χ3n) is 8.61. The molecule has 0 bridgehead atoms. The zero-order valence-corrected chi connectivity index (χ0v) is 28.6. The van der Waals surface area contributed by atoms with E-state index in [2.05, 4.69) is 19.9 Å². The maximum absolute atomic E-state index is 13.5. The van der Waals surface area contributed by atoms with E-state index >= 15 is 0 Å². The van der Waals surface area contributed by atoms with Gasteiger partial charge in [0, 0.05) is 38.6 Å². The number of likely N-dealkylation sites (tertiary alicyclic amines) is 1. The molecule has 0 radical (unpaired) electrons. The number of rotatable bonds is 12. The third kappa shape index (κ3) is 9.67. The van der Waals surface area contributed by atoms with Gasteiger partial charge in [0.15, 0.2) is 0 Å². The second-order valence-electron chi connectivity index (χ2n) is 12.1. The van der Waals surface area contributed by atoms with E-state index in [-0.39, 0.29) is 35.8 Å². The average molecular weight is 747 g/mol. The lowest BCUT2D eigenvalue weighted by molar-refractivity contribution is -0.274. The van der Waals surface area contributed by atoms with E-state index in [1.165, 1.54) is 31.2 Å². The quantitative estimate of drug-likeness (QED) is 0.147. The predicted molar refractivity (Wildman–Crippen MR) is 179 cm³/mol. The lowest BCUT2D eigenvalue weighted by Gasteiger charge is -2.34. The van der Waals surface area contributed by atoms with Crippen LogP contribution in [-0.4, -0.2) is 84.2 Å². The Morgan fingerprint density at radius 1 is 1.02 bits per heavy atom. The SMILES string of the molecule is COc1ccc(OC(F)(F)F)c(C(=O)N(C)CC(CCN2CCC(Nc3nc4ccccc4n3CC(F)(F)F)CC2)c2ccc(Cl)c(Cl)c2)c1. The van der Waals surface area contributed by atoms with Gasteiger partial charge in [0.1, 0.15) is 18.0 Å². The normalized spacial score (nSPS) is 15.2. The molecule has 0 spiro atoms. The van der Waals surface area contributed by atoms with E-state index in [0.717, 1.165) is 16.2 Å². The maximum atomic E-state index is 13.5. The average Bonchev–Trinajstić information content (AvgIpc) is 3.39. The number of para-hydroxylation sites is 2. The number of imidazole rings is 1. The van der Waals surface area contributed by atoms with Gasteiger partial charge in [-0.2, -0.15) is 13.2 Å². The molecule has 16 heteroatoms. The van der Waals surface area contributed by atoms with Crippen molar-refractivity contribution >= 4 is 46.1 Å². The molecule has 5 rings (SSSR count). The fraction of sp³-hybridized carbons (Fsp3) is 0.412. The Kier molecular flexibility index (Phi) is 11.6. The van der Waals surface area contributed by atoms with Crippen molar-refractivity contribution < 1.29 is 40.6 Å². The van der Waals surface area contributed by atoms with E-state index in [9.17, 15) is 31.1 Å². The highest BCUT2D eigenvalue weighted by Gasteiger charge is 2.34. The molecule has 1 fully saturated rings. The van der Waals surface area contributed by atoms with Gasteiger partial charge in [-0.3, -0.25) is 4.79 Å². The van der Waals surface area contributed by atoms with Crippen LogP contribution in [0.4, 0.5) is 32.3 Å². The van der Waals surface area contributed by atoms with Crippen LogP contribution in [0.15, 0.2) is 60.7 Å². The van der Waals surface area contributed by atoms with Crippen LogP contribution in [0.3, 0.4) is 0 Å². The second-order valence-corrected chi connectivity index (χ2v) is 13.0. The summed E-state index contributed by atoms with van der Waals surface area (Å²) in [6.45, 7) is 0.890. The molecule has 1 aromatic heterocycles. The number of alkyl halides is 6. The van der Waals surface area contributed by atoms with Crippen molar-refractivity contribution in [1.82, 2.24) is 19.4 Å². The Hall–Kier alpha value is -3.88. The highest BCUT2D eigenvalue weighted by Crippen LogP contribution is 2.33. The van der Waals surface area contributed by atoms with Crippen LogP contribution < -0.4 is 14.8 Å². The first-order valence-electron chi connectivity index (χ1n) is 15.8. The zero-order chi connectivity index (χ0) is 36.2. The predicted octanol–water partition coefficient (Wildman–Crippen LogP) is 8.64. The summed E-state index contributed by atoms with van der Waals surface area (Å²) in [5.41, 5.74) is 1.35. The molecule has 1 aliphatic heterocycles. The minimum atomic E-state index is -5.01. The Balaban J connectivity index is 1.26. The van der Waals surface area contributed by atoms with Crippen LogP contribution in [0.5, 0.6) is 11.5 Å². The molecule has 0 saturated carbocycles. The molecule has 1 amide bonds. The topological polar surface area (TPSA) is 71.9 Å². The molecule has 1 unspecified atom stereocenters. The Morgan fingerprint density at radius 2 is 1.74 bits per heavy atom. The molecule has 1 atom stereocenters. The van der Waals surface area contributed by atoms with E-state index in [1.807, 2.05) is 0 Å². The minimum Gasteiger partial charge on any atom is -0.497 e. The number of anilines is 1. The monoisotopic (exact) mass is 745 g/mol. The summed E-state index contributed by atoms with van der Waals surface area (Å²) in [5, 5.41) is 3.90. The van der Waals surface area contributed by atoms with Gasteiger partial charge < -0.3 is 29.2 Å². The molecule has 4 aromatic rings. The summed E-state index contributed by atoms with van der Waals surface area (Å²) in [4.78, 5) is 21.5. The highest BCUT2D eigenvalue weighted by atomic mass is 35.5. The number of benzene rings is 3. The Morgan fingerprint density at radius 3 is 2.40 bits per heavy atom. The Labute approximate surface area is 294 Å². The molecule has 270 valence electrons. The molecule has 1 aliphatic rings. The first-order valence-corrected chi connectivity index (χ1v) is 16.5. The number of nitrogens with one attached hydrogen (secondary N) is 1. The third-order valence-corrected chi connectivity index (χ3v) is 9.34. The summed E-state index contributed by atoms with van der Waals surface area (Å²) in [7, 11) is 2.83. The van der Waals surface area contributed by atoms with E-state index in [1.54, 1.807) is 42.5 Å². The number of carbonyl (C=O) groups excluding carboxylic acids is 1. The van der Waals surface area contributed by atoms with Crippen LogP contribution in [0, 0.1) is 0 Å². The van der Waals surface area contributed by atoms with Crippen molar-refractivity contribution in [3.05, 3.63) is 81.8 Å². The number of nitrogens with zero attached hydrogens (tertiary/aromatic N) is 4. The molecule has 1 N–H and O–H groups in total. The van der Waals surface area contributed by atoms with Crippen molar-refractivity contribution in [3.63, 3.8) is 0 Å². The number of aromatic nitrogens is 2. The molecule has 2 heterocycles. The number of piperidine rings is 1. The summed E-state index contributed by atoms with van der Waals surface area (Å²) < 4.78 is 90.1. The number of ether oxygens (including phenoxy) is 2. The highest BCUT2D eigenvalue weighted by molar-refractivity contribution is 6.42. The number of hydrogen-bond acceptors (Lipinski definition) is 6. The number of fused-ring (bicyclic) bond motifs is 1. The van der Waals surface area contributed by atoms with Gasteiger partial charge in [0.25, 0.3) is 5.91 Å². The summed E-state index contributed by atoms with van der Waals surface area (Å²) >= 11 is 12.5. The van der Waals surface area contributed by atoms with E-state index in [0.29, 0.717) is 60.0 Å². The molecular weight excluding hydrogens is 711 g/mol. The van der Waals surface area contributed by atoms with Gasteiger partial charge in [-0.25, -0.2) is 4.98 Å². The summed E-state index contributed by atoms with van der Waals surface area (Å²) in [6, 6.07) is 15.3. The maximum Gasteiger partial charge on any atom is 0.573 e. The number of amides is 1. The van der Waals surface area contributed by atoms with Gasteiger partial charge >= 0.3 is 12.5 Å². The standard InChI is InChI=1S/C34H35Cl2F6N5O3/c1-45(31(48)25-18-24(49-2)8-10-30(25)50-34(40,41)42)19-22(21-7-9-26(35)27(36)17-21)11-14-46-15-12-23(13-16-46)43-32-44-28-5-3-4-6-29(28)47(32)20-33(37,38)39/h3-10,17-18,22-23H,11-16,19-20H2,1-2H3,(H,43,44). The van der Waals surface area contributed by atoms with Gasteiger partial charge in [-0.05, 0) is 73.8 Å². The molecule has 50 heavy (non-hydrogen) atoms. The van der Waals surface area contributed by atoms with Crippen LogP contribution in [0.1, 0.15) is 41.1 Å². The van der Waals surface area contributed by atoms with Crippen molar-refractivity contribution in [2.75, 3.05) is 45.7 Å². The van der Waals surface area contributed by atoms with Crippen molar-refractivity contribution in [1.29, 1.82) is 0 Å². The fourth-order valence-corrected chi connectivity index (χ4v) is 6.42. The smallest absolute Gasteiger partial charge is 0.497 e. The van der Waals surface area contributed by atoms with Gasteiger partial charge in [0.2, 0.25) is 5.95 Å². The number of hydrogen-bond donors (Lipinski definition) is 1. The van der Waals surface area contributed by atoms with Crippen LogP contribution in [0.2, 0.25) is 10.0 Å². The van der Waals surface area contributed by atoms with Crippen molar-refractivity contribution in [2.24, 2.45) is 0 Å². The molecule has 1 saturated heterocycles.